The summed E-state index contributed by atoms with van der Waals surface area (Å²) < 4.78 is 7.56. The monoisotopic (exact) mass is 257 g/mol. The average Bonchev–Trinajstić information content (AvgIpc) is 2.85. The quantitative estimate of drug-likeness (QED) is 0.852. The number of rotatable bonds is 1. The Morgan fingerprint density at radius 2 is 2.21 bits per heavy atom. The summed E-state index contributed by atoms with van der Waals surface area (Å²) >= 11 is 0. The summed E-state index contributed by atoms with van der Waals surface area (Å²) in [7, 11) is 1.71. The molecule has 2 heterocycles. The van der Waals surface area contributed by atoms with E-state index in [1.165, 1.54) is 36.9 Å². The number of fused-ring (bicyclic) bond motifs is 5. The molecule has 2 unspecified atom stereocenters. The predicted molar refractivity (Wildman–Crippen MR) is 75.8 cm³/mol. The van der Waals surface area contributed by atoms with Gasteiger partial charge in [-0.2, -0.15) is 5.10 Å². The van der Waals surface area contributed by atoms with Crippen molar-refractivity contribution in [2.45, 2.75) is 31.7 Å². The van der Waals surface area contributed by atoms with Gasteiger partial charge in [-0.05, 0) is 37.0 Å². The highest BCUT2D eigenvalue weighted by Crippen LogP contribution is 2.41. The van der Waals surface area contributed by atoms with Crippen LogP contribution in [0.5, 0.6) is 5.75 Å². The zero-order valence-corrected chi connectivity index (χ0v) is 11.2. The molecule has 4 nitrogen and oxygen atoms in total. The van der Waals surface area contributed by atoms with Crippen LogP contribution < -0.4 is 10.1 Å². The van der Waals surface area contributed by atoms with Crippen molar-refractivity contribution >= 4 is 16.7 Å². The van der Waals surface area contributed by atoms with Gasteiger partial charge in [-0.1, -0.05) is 12.8 Å². The van der Waals surface area contributed by atoms with E-state index >= 15 is 0 Å². The summed E-state index contributed by atoms with van der Waals surface area (Å²) in [6, 6.07) is 6.71. The molecular formula is C15H19N3O. The van der Waals surface area contributed by atoms with Gasteiger partial charge in [-0.3, -0.25) is 0 Å². The second-order valence-electron chi connectivity index (χ2n) is 5.67. The molecule has 1 saturated carbocycles. The van der Waals surface area contributed by atoms with Gasteiger partial charge < -0.3 is 10.1 Å². The number of nitrogens with zero attached hydrogens (tertiary/aromatic N) is 2. The Bertz CT molecular complexity index is 619. The van der Waals surface area contributed by atoms with Crippen molar-refractivity contribution in [3.05, 3.63) is 18.2 Å². The molecule has 1 aromatic carbocycles. The number of benzene rings is 1. The van der Waals surface area contributed by atoms with E-state index in [2.05, 4.69) is 22.1 Å². The smallest absolute Gasteiger partial charge is 0.132 e. The van der Waals surface area contributed by atoms with Crippen LogP contribution >= 0.6 is 0 Å². The van der Waals surface area contributed by atoms with Crippen molar-refractivity contribution in [3.8, 4) is 5.75 Å². The Morgan fingerprint density at radius 3 is 3.11 bits per heavy atom. The second kappa shape index (κ2) is 4.15. The first-order valence-electron chi connectivity index (χ1n) is 7.17. The summed E-state index contributed by atoms with van der Waals surface area (Å²) in [5.74, 6) is 2.82. The van der Waals surface area contributed by atoms with Gasteiger partial charge in [-0.25, -0.2) is 4.68 Å². The minimum atomic E-state index is 0.586. The lowest BCUT2D eigenvalue weighted by molar-refractivity contribution is 0.223. The first-order chi connectivity index (χ1) is 9.36. The van der Waals surface area contributed by atoms with Crippen LogP contribution in [0.2, 0.25) is 0 Å². The first-order valence-corrected chi connectivity index (χ1v) is 7.17. The molecule has 0 amide bonds. The molecule has 1 N–H and O–H groups in total. The van der Waals surface area contributed by atoms with Crippen molar-refractivity contribution in [2.75, 3.05) is 19.0 Å². The maximum Gasteiger partial charge on any atom is 0.132 e. The first kappa shape index (κ1) is 11.1. The molecule has 4 rings (SSSR count). The second-order valence-corrected chi connectivity index (χ2v) is 5.67. The molecule has 1 aromatic heterocycles. The van der Waals surface area contributed by atoms with Crippen LogP contribution in [0, 0.1) is 5.92 Å². The summed E-state index contributed by atoms with van der Waals surface area (Å²) in [4.78, 5) is 0. The molecule has 4 heteroatoms. The van der Waals surface area contributed by atoms with Gasteiger partial charge in [-0.15, -0.1) is 0 Å². The van der Waals surface area contributed by atoms with Gasteiger partial charge in [0.1, 0.15) is 11.6 Å². The zero-order chi connectivity index (χ0) is 12.8. The standard InChI is InChI=1S/C15H19N3O/c1-19-11-6-7-13-12(8-11)15-16-9-10-4-2-3-5-14(10)18(15)17-13/h6-8,10,14,16H,2-5,9H2,1H3. The molecule has 2 atom stereocenters. The van der Waals surface area contributed by atoms with Gasteiger partial charge in [0.2, 0.25) is 0 Å². The molecule has 0 spiro atoms. The highest BCUT2D eigenvalue weighted by Gasteiger charge is 2.33. The Hall–Kier alpha value is -1.71. The van der Waals surface area contributed by atoms with Gasteiger partial charge in [0.25, 0.3) is 0 Å². The van der Waals surface area contributed by atoms with Crippen LogP contribution in [-0.2, 0) is 0 Å². The Morgan fingerprint density at radius 1 is 1.32 bits per heavy atom. The summed E-state index contributed by atoms with van der Waals surface area (Å²) in [6.07, 6.45) is 5.30. The molecule has 1 aliphatic heterocycles. The third-order valence-electron chi connectivity index (χ3n) is 4.62. The summed E-state index contributed by atoms with van der Waals surface area (Å²) in [5, 5.41) is 9.58. The molecule has 100 valence electrons. The molecule has 0 radical (unpaired) electrons. The van der Waals surface area contributed by atoms with Crippen LogP contribution in [-0.4, -0.2) is 23.4 Å². The van der Waals surface area contributed by atoms with E-state index in [0.717, 1.165) is 23.7 Å². The number of hydrogen-bond acceptors (Lipinski definition) is 3. The number of anilines is 1. The lowest BCUT2D eigenvalue weighted by Gasteiger charge is -2.37. The fourth-order valence-corrected chi connectivity index (χ4v) is 3.60. The maximum absolute atomic E-state index is 5.32. The van der Waals surface area contributed by atoms with Crippen LogP contribution in [0.15, 0.2) is 18.2 Å². The normalized spacial score (nSPS) is 25.5. The fourth-order valence-electron chi connectivity index (χ4n) is 3.60. The number of nitrogens with one attached hydrogen (secondary N) is 1. The summed E-state index contributed by atoms with van der Waals surface area (Å²) in [5.41, 5.74) is 1.06. The summed E-state index contributed by atoms with van der Waals surface area (Å²) in [6.45, 7) is 1.09. The van der Waals surface area contributed by atoms with E-state index in [-0.39, 0.29) is 0 Å². The molecule has 0 bridgehead atoms. The molecular weight excluding hydrogens is 238 g/mol. The van der Waals surface area contributed by atoms with E-state index in [1.54, 1.807) is 7.11 Å². The maximum atomic E-state index is 5.32. The van der Waals surface area contributed by atoms with E-state index in [4.69, 9.17) is 9.84 Å². The van der Waals surface area contributed by atoms with Crippen LogP contribution in [0.3, 0.4) is 0 Å². The van der Waals surface area contributed by atoms with E-state index in [1.807, 2.05) is 6.07 Å². The molecule has 19 heavy (non-hydrogen) atoms. The van der Waals surface area contributed by atoms with Crippen LogP contribution in [0.4, 0.5) is 5.82 Å². The van der Waals surface area contributed by atoms with E-state index in [0.29, 0.717) is 6.04 Å². The van der Waals surface area contributed by atoms with E-state index < -0.39 is 0 Å². The zero-order valence-electron chi connectivity index (χ0n) is 11.2. The Kier molecular flexibility index (Phi) is 2.43. The van der Waals surface area contributed by atoms with Crippen molar-refractivity contribution < 1.29 is 4.74 Å². The van der Waals surface area contributed by atoms with Crippen molar-refractivity contribution in [3.63, 3.8) is 0 Å². The van der Waals surface area contributed by atoms with Crippen LogP contribution in [0.1, 0.15) is 31.7 Å². The molecule has 1 fully saturated rings. The van der Waals surface area contributed by atoms with Crippen molar-refractivity contribution in [1.82, 2.24) is 9.78 Å². The lowest BCUT2D eigenvalue weighted by atomic mass is 9.83. The highest BCUT2D eigenvalue weighted by atomic mass is 16.5. The molecule has 2 aliphatic rings. The Labute approximate surface area is 112 Å². The highest BCUT2D eigenvalue weighted by molar-refractivity contribution is 5.91. The lowest BCUT2D eigenvalue weighted by Crippen LogP contribution is -2.35. The molecule has 2 aromatic rings. The SMILES string of the molecule is COc1ccc2nn3c(c2c1)NCC1CCCCC13. The topological polar surface area (TPSA) is 39.1 Å². The van der Waals surface area contributed by atoms with Crippen molar-refractivity contribution in [2.24, 2.45) is 5.92 Å². The number of hydrogen-bond donors (Lipinski definition) is 1. The molecule has 1 aliphatic carbocycles. The van der Waals surface area contributed by atoms with Crippen molar-refractivity contribution in [1.29, 1.82) is 0 Å². The largest absolute Gasteiger partial charge is 0.497 e. The van der Waals surface area contributed by atoms with Gasteiger partial charge in [0.15, 0.2) is 0 Å². The number of aromatic nitrogens is 2. The average molecular weight is 257 g/mol. The number of methoxy groups -OCH3 is 1. The van der Waals surface area contributed by atoms with Gasteiger partial charge in [0.05, 0.1) is 18.7 Å². The minimum Gasteiger partial charge on any atom is -0.497 e. The van der Waals surface area contributed by atoms with Gasteiger partial charge in [0, 0.05) is 11.9 Å². The van der Waals surface area contributed by atoms with Gasteiger partial charge >= 0.3 is 0 Å². The third-order valence-corrected chi connectivity index (χ3v) is 4.62. The van der Waals surface area contributed by atoms with E-state index in [9.17, 15) is 0 Å². The predicted octanol–water partition coefficient (Wildman–Crippen LogP) is 3.20. The Balaban J connectivity index is 1.86. The van der Waals surface area contributed by atoms with Crippen LogP contribution in [0.25, 0.3) is 10.9 Å². The molecule has 0 saturated heterocycles. The minimum absolute atomic E-state index is 0.586. The fraction of sp³-hybridized carbons (Fsp3) is 0.533. The number of ether oxygens (including phenoxy) is 1. The third kappa shape index (κ3) is 1.62.